The molecular formula is C18H29Cl2N3O2. The van der Waals surface area contributed by atoms with Crippen LogP contribution >= 0.6 is 24.8 Å². The van der Waals surface area contributed by atoms with Crippen LogP contribution < -0.4 is 5.73 Å². The van der Waals surface area contributed by atoms with Crippen molar-refractivity contribution in [3.63, 3.8) is 0 Å². The van der Waals surface area contributed by atoms with Gasteiger partial charge in [-0.2, -0.15) is 0 Å². The molecule has 2 heterocycles. The molecule has 3 rings (SSSR count). The zero-order valence-electron chi connectivity index (χ0n) is 14.7. The van der Waals surface area contributed by atoms with Crippen LogP contribution in [0.1, 0.15) is 12.5 Å². The number of rotatable bonds is 4. The van der Waals surface area contributed by atoms with Crippen molar-refractivity contribution in [2.24, 2.45) is 11.7 Å². The molecule has 7 heteroatoms. The van der Waals surface area contributed by atoms with E-state index in [2.05, 4.69) is 11.8 Å². The van der Waals surface area contributed by atoms with Gasteiger partial charge in [-0.25, -0.2) is 0 Å². The molecule has 2 N–H and O–H groups in total. The van der Waals surface area contributed by atoms with E-state index in [1.165, 1.54) is 0 Å². The fourth-order valence-electron chi connectivity index (χ4n) is 3.70. The van der Waals surface area contributed by atoms with Gasteiger partial charge in [0.2, 0.25) is 5.91 Å². The number of benzene rings is 1. The minimum atomic E-state index is -0.451. The fraction of sp³-hybridized carbons (Fsp3) is 0.611. The Kier molecular flexibility index (Phi) is 9.17. The smallest absolute Gasteiger partial charge is 0.239 e. The van der Waals surface area contributed by atoms with Crippen molar-refractivity contribution in [2.45, 2.75) is 25.4 Å². The van der Waals surface area contributed by atoms with Crippen LogP contribution in [0.4, 0.5) is 0 Å². The summed E-state index contributed by atoms with van der Waals surface area (Å²) in [6.07, 6.45) is 0.604. The van der Waals surface area contributed by atoms with Gasteiger partial charge in [-0.15, -0.1) is 24.8 Å². The fourth-order valence-corrected chi connectivity index (χ4v) is 3.70. The van der Waals surface area contributed by atoms with Crippen LogP contribution in [0.2, 0.25) is 0 Å². The number of nitrogens with zero attached hydrogens (tertiary/aromatic N) is 2. The molecule has 0 aliphatic carbocycles. The van der Waals surface area contributed by atoms with Crippen molar-refractivity contribution in [3.8, 4) is 0 Å². The number of carbonyl (C=O) groups is 1. The van der Waals surface area contributed by atoms with Gasteiger partial charge in [0, 0.05) is 32.2 Å². The Bertz CT molecular complexity index is 526. The van der Waals surface area contributed by atoms with Crippen LogP contribution in [0.25, 0.3) is 0 Å². The first-order chi connectivity index (χ1) is 11.1. The average Bonchev–Trinajstić information content (AvgIpc) is 2.97. The summed E-state index contributed by atoms with van der Waals surface area (Å²) in [4.78, 5) is 17.1. The lowest BCUT2D eigenvalue weighted by Gasteiger charge is -2.34. The average molecular weight is 390 g/mol. The Morgan fingerprint density at radius 1 is 1.20 bits per heavy atom. The van der Waals surface area contributed by atoms with E-state index in [9.17, 15) is 4.79 Å². The zero-order valence-corrected chi connectivity index (χ0v) is 16.3. The van der Waals surface area contributed by atoms with Crippen molar-refractivity contribution in [1.29, 1.82) is 0 Å². The van der Waals surface area contributed by atoms with Gasteiger partial charge in [-0.1, -0.05) is 37.3 Å². The first-order valence-electron chi connectivity index (χ1n) is 8.55. The molecule has 2 aliphatic rings. The quantitative estimate of drug-likeness (QED) is 0.848. The second-order valence-corrected chi connectivity index (χ2v) is 6.73. The number of morpholine rings is 1. The summed E-state index contributed by atoms with van der Waals surface area (Å²) < 4.78 is 5.43. The van der Waals surface area contributed by atoms with E-state index in [0.29, 0.717) is 18.4 Å². The monoisotopic (exact) mass is 389 g/mol. The highest BCUT2D eigenvalue weighted by atomic mass is 35.5. The molecule has 1 aromatic carbocycles. The molecule has 2 saturated heterocycles. The molecule has 25 heavy (non-hydrogen) atoms. The highest BCUT2D eigenvalue weighted by Crippen LogP contribution is 2.23. The van der Waals surface area contributed by atoms with E-state index in [-0.39, 0.29) is 30.7 Å². The highest BCUT2D eigenvalue weighted by molar-refractivity contribution is 5.85. The molecule has 3 unspecified atom stereocenters. The largest absolute Gasteiger partial charge is 0.379 e. The number of likely N-dealkylation sites (tertiary alicyclic amines) is 1. The number of ether oxygens (including phenoxy) is 1. The summed E-state index contributed by atoms with van der Waals surface area (Å²) in [5.41, 5.74) is 7.29. The molecule has 0 radical (unpaired) electrons. The third-order valence-electron chi connectivity index (χ3n) is 5.01. The lowest BCUT2D eigenvalue weighted by Crippen LogP contribution is -2.48. The molecule has 2 fully saturated rings. The maximum atomic E-state index is 12.7. The van der Waals surface area contributed by atoms with Crippen LogP contribution in [0.15, 0.2) is 30.3 Å². The molecule has 3 atom stereocenters. The lowest BCUT2D eigenvalue weighted by atomic mass is 10.0. The number of halogens is 2. The molecule has 1 amide bonds. The van der Waals surface area contributed by atoms with Gasteiger partial charge in [-0.05, 0) is 17.9 Å². The predicted molar refractivity (Wildman–Crippen MR) is 105 cm³/mol. The molecule has 0 aromatic heterocycles. The minimum Gasteiger partial charge on any atom is -0.379 e. The molecule has 5 nitrogen and oxygen atoms in total. The molecule has 142 valence electrons. The molecular weight excluding hydrogens is 361 g/mol. The van der Waals surface area contributed by atoms with Crippen molar-refractivity contribution in [3.05, 3.63) is 35.9 Å². The summed E-state index contributed by atoms with van der Waals surface area (Å²) >= 11 is 0. The third-order valence-corrected chi connectivity index (χ3v) is 5.01. The van der Waals surface area contributed by atoms with Crippen molar-refractivity contribution < 1.29 is 9.53 Å². The summed E-state index contributed by atoms with van der Waals surface area (Å²) in [7, 11) is 0. The van der Waals surface area contributed by atoms with Gasteiger partial charge in [0.05, 0.1) is 19.3 Å². The standard InChI is InChI=1S/C18H27N3O2.2ClH/c1-14-12-21(13-17(14)20-7-9-23-10-8-20)18(22)16(19)11-15-5-3-2-4-6-15;;/h2-6,14,16-17H,7-13,19H2,1H3;2*1H. The molecule has 1 aromatic rings. The van der Waals surface area contributed by atoms with E-state index in [0.717, 1.165) is 45.0 Å². The van der Waals surface area contributed by atoms with E-state index >= 15 is 0 Å². The van der Waals surface area contributed by atoms with Crippen LogP contribution in [0.5, 0.6) is 0 Å². The SMILES string of the molecule is CC1CN(C(=O)C(N)Cc2ccccc2)CC1N1CCOCC1.Cl.Cl. The maximum Gasteiger partial charge on any atom is 0.239 e. The Labute approximate surface area is 162 Å². The molecule has 2 aliphatic heterocycles. The minimum absolute atomic E-state index is 0. The van der Waals surface area contributed by atoms with Gasteiger partial charge >= 0.3 is 0 Å². The third kappa shape index (κ3) is 5.56. The van der Waals surface area contributed by atoms with Gasteiger partial charge < -0.3 is 15.4 Å². The Hall–Kier alpha value is -0.850. The molecule has 0 saturated carbocycles. The second kappa shape index (κ2) is 10.3. The van der Waals surface area contributed by atoms with Crippen LogP contribution in [0.3, 0.4) is 0 Å². The van der Waals surface area contributed by atoms with Gasteiger partial charge in [0.15, 0.2) is 0 Å². The topological polar surface area (TPSA) is 58.8 Å². The summed E-state index contributed by atoms with van der Waals surface area (Å²) in [6.45, 7) is 7.36. The normalized spacial score (nSPS) is 25.0. The van der Waals surface area contributed by atoms with Crippen LogP contribution in [-0.4, -0.2) is 67.2 Å². The van der Waals surface area contributed by atoms with E-state index < -0.39 is 6.04 Å². The summed E-state index contributed by atoms with van der Waals surface area (Å²) in [6, 6.07) is 9.98. The summed E-state index contributed by atoms with van der Waals surface area (Å²) in [5.74, 6) is 0.567. The Morgan fingerprint density at radius 2 is 1.84 bits per heavy atom. The van der Waals surface area contributed by atoms with Crippen molar-refractivity contribution in [1.82, 2.24) is 9.80 Å². The number of carbonyl (C=O) groups excluding carboxylic acids is 1. The Morgan fingerprint density at radius 3 is 2.48 bits per heavy atom. The number of amides is 1. The second-order valence-electron chi connectivity index (χ2n) is 6.73. The maximum absolute atomic E-state index is 12.7. The van der Waals surface area contributed by atoms with Crippen molar-refractivity contribution >= 4 is 30.7 Å². The van der Waals surface area contributed by atoms with E-state index in [1.807, 2.05) is 35.2 Å². The van der Waals surface area contributed by atoms with Crippen LogP contribution in [0, 0.1) is 5.92 Å². The van der Waals surface area contributed by atoms with Gasteiger partial charge in [0.25, 0.3) is 0 Å². The summed E-state index contributed by atoms with van der Waals surface area (Å²) in [5, 5.41) is 0. The van der Waals surface area contributed by atoms with Crippen molar-refractivity contribution in [2.75, 3.05) is 39.4 Å². The predicted octanol–water partition coefficient (Wildman–Crippen LogP) is 1.58. The zero-order chi connectivity index (χ0) is 16.2. The number of hydrogen-bond donors (Lipinski definition) is 1. The van der Waals surface area contributed by atoms with Crippen LogP contribution in [-0.2, 0) is 16.0 Å². The molecule has 0 spiro atoms. The number of hydrogen-bond acceptors (Lipinski definition) is 4. The first-order valence-corrected chi connectivity index (χ1v) is 8.55. The van der Waals surface area contributed by atoms with E-state index in [4.69, 9.17) is 10.5 Å². The number of nitrogens with two attached hydrogens (primary N) is 1. The Balaban J connectivity index is 0.00000156. The van der Waals surface area contributed by atoms with E-state index in [1.54, 1.807) is 0 Å². The van der Waals surface area contributed by atoms with Gasteiger partial charge in [0.1, 0.15) is 0 Å². The van der Waals surface area contributed by atoms with Gasteiger partial charge in [-0.3, -0.25) is 9.69 Å². The lowest BCUT2D eigenvalue weighted by molar-refractivity contribution is -0.131. The first kappa shape index (κ1) is 22.2. The highest BCUT2D eigenvalue weighted by Gasteiger charge is 2.37. The molecule has 0 bridgehead atoms.